The molecule has 3 aromatic rings. The maximum Gasteiger partial charge on any atom is 0.336 e. The first kappa shape index (κ1) is 29.5. The van der Waals surface area contributed by atoms with E-state index in [1.54, 1.807) is 34.9 Å². The zero-order valence-electron chi connectivity index (χ0n) is 21.7. The van der Waals surface area contributed by atoms with E-state index in [9.17, 15) is 14.7 Å². The lowest BCUT2D eigenvalue weighted by atomic mass is 9.98. The van der Waals surface area contributed by atoms with Gasteiger partial charge in [-0.15, -0.1) is 0 Å². The standard InChI is InChI=1S/C28H33ClFN3O4S/c1-4-11-37-28-32-25(29)24(14-31-26(34)20(16-38)12-17(2)3)33(28)15-19-10-9-18(13-23(19)30)21-7-5-6-8-22(21)27(35)36/h5-10,13,17,20,38H,4,11-12,14-16H2,1-3H3,(H,31,34)(H,35,36)/t20-/m1/s1. The number of ether oxygens (including phenoxy) is 1. The summed E-state index contributed by atoms with van der Waals surface area (Å²) in [6.45, 7) is 6.59. The Morgan fingerprint density at radius 1 is 1.24 bits per heavy atom. The van der Waals surface area contributed by atoms with Crippen LogP contribution in [0.5, 0.6) is 6.01 Å². The van der Waals surface area contributed by atoms with Crippen molar-refractivity contribution in [2.45, 2.75) is 46.7 Å². The number of thiol groups is 1. The van der Waals surface area contributed by atoms with Crippen molar-refractivity contribution in [3.63, 3.8) is 0 Å². The Balaban J connectivity index is 1.90. The average Bonchev–Trinajstić information content (AvgIpc) is 3.18. The summed E-state index contributed by atoms with van der Waals surface area (Å²) in [7, 11) is 0. The van der Waals surface area contributed by atoms with Gasteiger partial charge in [0.25, 0.3) is 6.01 Å². The van der Waals surface area contributed by atoms with Gasteiger partial charge < -0.3 is 15.2 Å². The molecule has 0 aliphatic heterocycles. The Labute approximate surface area is 232 Å². The number of hydrogen-bond donors (Lipinski definition) is 3. The highest BCUT2D eigenvalue weighted by Gasteiger charge is 2.23. The Kier molecular flexibility index (Phi) is 10.6. The van der Waals surface area contributed by atoms with Gasteiger partial charge in [0.1, 0.15) is 5.82 Å². The third-order valence-electron chi connectivity index (χ3n) is 6.05. The van der Waals surface area contributed by atoms with Crippen molar-refractivity contribution in [3.05, 3.63) is 70.3 Å². The number of hydrogen-bond acceptors (Lipinski definition) is 5. The Morgan fingerprint density at radius 3 is 2.61 bits per heavy atom. The molecule has 0 aliphatic carbocycles. The molecule has 1 heterocycles. The molecule has 0 fully saturated rings. The zero-order valence-corrected chi connectivity index (χ0v) is 23.4. The number of carbonyl (C=O) groups is 2. The fourth-order valence-electron chi connectivity index (χ4n) is 4.15. The van der Waals surface area contributed by atoms with Crippen LogP contribution in [0, 0.1) is 17.7 Å². The van der Waals surface area contributed by atoms with E-state index in [1.807, 2.05) is 20.8 Å². The minimum absolute atomic E-state index is 0.0542. The molecular weight excluding hydrogens is 529 g/mol. The van der Waals surface area contributed by atoms with E-state index in [4.69, 9.17) is 16.3 Å². The van der Waals surface area contributed by atoms with Gasteiger partial charge in [-0.1, -0.05) is 62.7 Å². The lowest BCUT2D eigenvalue weighted by molar-refractivity contribution is -0.124. The molecule has 10 heteroatoms. The molecule has 38 heavy (non-hydrogen) atoms. The topological polar surface area (TPSA) is 93.5 Å². The number of imidazole rings is 1. The normalized spacial score (nSPS) is 12.0. The summed E-state index contributed by atoms with van der Waals surface area (Å²) < 4.78 is 22.8. The van der Waals surface area contributed by atoms with Gasteiger partial charge >= 0.3 is 5.97 Å². The molecule has 3 rings (SSSR count). The largest absolute Gasteiger partial charge is 0.478 e. The number of aromatic carboxylic acids is 1. The van der Waals surface area contributed by atoms with Crippen molar-refractivity contribution in [1.82, 2.24) is 14.9 Å². The molecule has 0 saturated carbocycles. The summed E-state index contributed by atoms with van der Waals surface area (Å²) in [5.41, 5.74) is 1.79. The highest BCUT2D eigenvalue weighted by molar-refractivity contribution is 7.80. The highest BCUT2D eigenvalue weighted by Crippen LogP contribution is 2.29. The molecule has 7 nitrogen and oxygen atoms in total. The molecule has 2 N–H and O–H groups in total. The smallest absolute Gasteiger partial charge is 0.336 e. The number of carbonyl (C=O) groups excluding carboxylic acids is 1. The second-order valence-corrected chi connectivity index (χ2v) is 10.2. The van der Waals surface area contributed by atoms with E-state index < -0.39 is 11.8 Å². The van der Waals surface area contributed by atoms with Gasteiger partial charge in [0, 0.05) is 17.2 Å². The number of rotatable bonds is 13. The minimum atomic E-state index is -1.09. The molecule has 0 bridgehead atoms. The van der Waals surface area contributed by atoms with Gasteiger partial charge in [-0.2, -0.15) is 17.6 Å². The van der Waals surface area contributed by atoms with E-state index in [-0.39, 0.29) is 41.6 Å². The molecule has 0 saturated heterocycles. The number of nitrogens with zero attached hydrogens (tertiary/aromatic N) is 2. The van der Waals surface area contributed by atoms with Gasteiger partial charge in [0.2, 0.25) is 5.91 Å². The van der Waals surface area contributed by atoms with Crippen LogP contribution in [0.1, 0.15) is 55.2 Å². The number of carboxylic acids is 1. The van der Waals surface area contributed by atoms with Crippen LogP contribution >= 0.6 is 24.2 Å². The second-order valence-electron chi connectivity index (χ2n) is 9.45. The van der Waals surface area contributed by atoms with Crippen LogP contribution in [0.15, 0.2) is 42.5 Å². The van der Waals surface area contributed by atoms with Crippen molar-refractivity contribution in [1.29, 1.82) is 0 Å². The fraction of sp³-hybridized carbons (Fsp3) is 0.393. The van der Waals surface area contributed by atoms with E-state index >= 15 is 4.39 Å². The number of carboxylic acid groups (broad SMARTS) is 1. The summed E-state index contributed by atoms with van der Waals surface area (Å²) in [6, 6.07) is 11.3. The number of aromatic nitrogens is 2. The predicted octanol–water partition coefficient (Wildman–Crippen LogP) is 6.09. The molecule has 1 atom stereocenters. The average molecular weight is 562 g/mol. The summed E-state index contributed by atoms with van der Waals surface area (Å²) in [5, 5.41) is 12.6. The number of amides is 1. The van der Waals surface area contributed by atoms with E-state index in [2.05, 4.69) is 22.9 Å². The molecule has 0 radical (unpaired) electrons. The molecular formula is C28H33ClFN3O4S. The van der Waals surface area contributed by atoms with Crippen molar-refractivity contribution in [2.75, 3.05) is 12.4 Å². The first-order valence-corrected chi connectivity index (χ1v) is 13.5. The number of nitrogens with one attached hydrogen (secondary N) is 1. The van der Waals surface area contributed by atoms with Gasteiger partial charge in [0.05, 0.1) is 31.0 Å². The SMILES string of the molecule is CCCOc1nc(Cl)c(CNC(=O)[C@@H](CS)CC(C)C)n1Cc1ccc(-c2ccccc2C(=O)O)cc1F. The lowest BCUT2D eigenvalue weighted by Gasteiger charge is -2.18. The molecule has 0 unspecified atom stereocenters. The van der Waals surface area contributed by atoms with Gasteiger partial charge in [-0.3, -0.25) is 9.36 Å². The summed E-state index contributed by atoms with van der Waals surface area (Å²) >= 11 is 10.8. The zero-order chi connectivity index (χ0) is 27.8. The van der Waals surface area contributed by atoms with Crippen LogP contribution in [-0.4, -0.2) is 38.9 Å². The molecule has 1 amide bonds. The van der Waals surface area contributed by atoms with Crippen LogP contribution < -0.4 is 10.1 Å². The van der Waals surface area contributed by atoms with Crippen LogP contribution in [0.2, 0.25) is 5.15 Å². The molecule has 0 aliphatic rings. The van der Waals surface area contributed by atoms with Crippen LogP contribution in [0.4, 0.5) is 4.39 Å². The van der Waals surface area contributed by atoms with Gasteiger partial charge in [0.15, 0.2) is 5.15 Å². The molecule has 0 spiro atoms. The van der Waals surface area contributed by atoms with Crippen molar-refractivity contribution in [3.8, 4) is 17.1 Å². The quantitative estimate of drug-likeness (QED) is 0.220. The van der Waals surface area contributed by atoms with Crippen LogP contribution in [0.25, 0.3) is 11.1 Å². The predicted molar refractivity (Wildman–Crippen MR) is 150 cm³/mol. The van der Waals surface area contributed by atoms with Crippen LogP contribution in [-0.2, 0) is 17.9 Å². The van der Waals surface area contributed by atoms with Crippen molar-refractivity contribution >= 4 is 36.1 Å². The Bertz CT molecular complexity index is 1280. The first-order chi connectivity index (χ1) is 18.2. The molecule has 2 aromatic carbocycles. The third-order valence-corrected chi connectivity index (χ3v) is 6.79. The maximum absolute atomic E-state index is 15.3. The summed E-state index contributed by atoms with van der Waals surface area (Å²) in [4.78, 5) is 28.7. The van der Waals surface area contributed by atoms with E-state index in [0.29, 0.717) is 47.1 Å². The van der Waals surface area contributed by atoms with Gasteiger partial charge in [-0.05, 0) is 42.0 Å². The van der Waals surface area contributed by atoms with Crippen LogP contribution in [0.3, 0.4) is 0 Å². The summed E-state index contributed by atoms with van der Waals surface area (Å²) in [6.07, 6.45) is 1.44. The van der Waals surface area contributed by atoms with Crippen molar-refractivity contribution in [2.24, 2.45) is 11.8 Å². The monoisotopic (exact) mass is 561 g/mol. The van der Waals surface area contributed by atoms with E-state index in [1.165, 1.54) is 12.1 Å². The fourth-order valence-corrected chi connectivity index (χ4v) is 4.71. The second kappa shape index (κ2) is 13.7. The number of halogens is 2. The van der Waals surface area contributed by atoms with E-state index in [0.717, 1.165) is 6.42 Å². The molecule has 204 valence electrons. The maximum atomic E-state index is 15.3. The third kappa shape index (κ3) is 7.29. The Morgan fingerprint density at radius 2 is 1.97 bits per heavy atom. The number of benzene rings is 2. The summed E-state index contributed by atoms with van der Waals surface area (Å²) in [5.74, 6) is -1.23. The van der Waals surface area contributed by atoms with Gasteiger partial charge in [-0.25, -0.2) is 9.18 Å². The first-order valence-electron chi connectivity index (χ1n) is 12.5. The minimum Gasteiger partial charge on any atom is -0.478 e. The Hall–Kier alpha value is -3.04. The lowest BCUT2D eigenvalue weighted by Crippen LogP contribution is -2.33. The highest BCUT2D eigenvalue weighted by atomic mass is 35.5. The van der Waals surface area contributed by atoms with Crippen molar-refractivity contribution < 1.29 is 23.8 Å². The molecule has 1 aromatic heterocycles.